The molecule has 2 aromatic carbocycles. The third-order valence-electron chi connectivity index (χ3n) is 6.65. The molecule has 3 nitrogen and oxygen atoms in total. The highest BCUT2D eigenvalue weighted by atomic mass is 16.1. The fourth-order valence-corrected chi connectivity index (χ4v) is 5.08. The molecule has 1 fully saturated rings. The molecule has 1 unspecified atom stereocenters. The summed E-state index contributed by atoms with van der Waals surface area (Å²) in [4.78, 5) is 15.8. The minimum absolute atomic E-state index is 0.648. The number of piperidine rings is 1. The zero-order valence-electron chi connectivity index (χ0n) is 19.6. The van der Waals surface area contributed by atoms with Gasteiger partial charge in [0.1, 0.15) is 6.29 Å². The van der Waals surface area contributed by atoms with Crippen molar-refractivity contribution in [3.8, 4) is 11.1 Å². The van der Waals surface area contributed by atoms with E-state index in [2.05, 4.69) is 62.6 Å². The lowest BCUT2D eigenvalue weighted by molar-refractivity contribution is -0.104. The Labute approximate surface area is 192 Å². The Balaban J connectivity index is 1.77. The lowest BCUT2D eigenvalue weighted by Gasteiger charge is -2.23. The summed E-state index contributed by atoms with van der Waals surface area (Å²) in [6.07, 6.45) is 13.7. The third-order valence-corrected chi connectivity index (χ3v) is 6.65. The van der Waals surface area contributed by atoms with Gasteiger partial charge in [0, 0.05) is 23.2 Å². The molecule has 4 rings (SSSR count). The number of carbonyl (C=O) groups is 1. The summed E-state index contributed by atoms with van der Waals surface area (Å²) in [5.41, 5.74) is 9.65. The second kappa shape index (κ2) is 10.2. The van der Waals surface area contributed by atoms with Gasteiger partial charge in [-0.05, 0) is 99.9 Å². The molecule has 32 heavy (non-hydrogen) atoms. The van der Waals surface area contributed by atoms with Crippen molar-refractivity contribution in [3.05, 3.63) is 70.4 Å². The number of aryl methyl sites for hydroxylation is 4. The largest absolute Gasteiger partial charge is 0.314 e. The summed E-state index contributed by atoms with van der Waals surface area (Å²) in [5, 5.41) is 4.89. The number of rotatable bonds is 7. The zero-order valence-corrected chi connectivity index (χ0v) is 19.6. The van der Waals surface area contributed by atoms with E-state index in [0.717, 1.165) is 42.3 Å². The van der Waals surface area contributed by atoms with Crippen LogP contribution in [-0.2, 0) is 11.2 Å². The molecule has 3 aromatic rings. The summed E-state index contributed by atoms with van der Waals surface area (Å²) in [6.45, 7) is 7.55. The summed E-state index contributed by atoms with van der Waals surface area (Å²) in [5.74, 6) is 0. The van der Waals surface area contributed by atoms with Crippen molar-refractivity contribution in [3.63, 3.8) is 0 Å². The van der Waals surface area contributed by atoms with Crippen LogP contribution in [0.1, 0.15) is 59.9 Å². The highest BCUT2D eigenvalue weighted by molar-refractivity contribution is 5.91. The Morgan fingerprint density at radius 2 is 1.88 bits per heavy atom. The highest BCUT2D eigenvalue weighted by Gasteiger charge is 2.16. The van der Waals surface area contributed by atoms with Gasteiger partial charge in [0.2, 0.25) is 0 Å². The lowest BCUT2D eigenvalue weighted by Crippen LogP contribution is -2.33. The smallest absolute Gasteiger partial charge is 0.142 e. The first kappa shape index (κ1) is 22.4. The van der Waals surface area contributed by atoms with Crippen LogP contribution in [0.2, 0.25) is 0 Å². The van der Waals surface area contributed by atoms with E-state index in [1.54, 1.807) is 6.08 Å². The average molecular weight is 427 g/mol. The fourth-order valence-electron chi connectivity index (χ4n) is 5.08. The van der Waals surface area contributed by atoms with Crippen molar-refractivity contribution in [2.24, 2.45) is 0 Å². The quantitative estimate of drug-likeness (QED) is 0.346. The van der Waals surface area contributed by atoms with Crippen molar-refractivity contribution < 1.29 is 4.79 Å². The molecule has 3 heteroatoms. The van der Waals surface area contributed by atoms with Crippen LogP contribution < -0.4 is 5.32 Å². The predicted molar refractivity (Wildman–Crippen MR) is 135 cm³/mol. The van der Waals surface area contributed by atoms with E-state index in [0.29, 0.717) is 6.04 Å². The molecule has 1 saturated heterocycles. The fraction of sp³-hybridized carbons (Fsp3) is 0.379. The van der Waals surface area contributed by atoms with E-state index in [9.17, 15) is 4.79 Å². The Kier molecular flexibility index (Phi) is 7.16. The molecule has 0 bridgehead atoms. The van der Waals surface area contributed by atoms with Gasteiger partial charge in [-0.2, -0.15) is 0 Å². The van der Waals surface area contributed by atoms with Crippen LogP contribution in [0.15, 0.2) is 42.6 Å². The van der Waals surface area contributed by atoms with Crippen LogP contribution in [0.4, 0.5) is 0 Å². The first-order valence-electron chi connectivity index (χ1n) is 11.9. The molecule has 1 aliphatic heterocycles. The van der Waals surface area contributed by atoms with Gasteiger partial charge in [0.15, 0.2) is 0 Å². The van der Waals surface area contributed by atoms with Crippen molar-refractivity contribution in [2.75, 3.05) is 6.54 Å². The van der Waals surface area contributed by atoms with Crippen LogP contribution in [0.25, 0.3) is 28.1 Å². The van der Waals surface area contributed by atoms with Crippen LogP contribution >= 0.6 is 0 Å². The summed E-state index contributed by atoms with van der Waals surface area (Å²) < 4.78 is 0. The molecule has 2 heterocycles. The SMILES string of the molecule is Cc1cc(C)cc(-c2cnc3cc(C)c(/C=C/C=O)cc3c2CCCC2CCCCN2)c1. The van der Waals surface area contributed by atoms with Gasteiger partial charge in [-0.1, -0.05) is 41.8 Å². The topological polar surface area (TPSA) is 42.0 Å². The molecule has 0 saturated carbocycles. The summed E-state index contributed by atoms with van der Waals surface area (Å²) in [7, 11) is 0. The number of fused-ring (bicyclic) bond motifs is 1. The van der Waals surface area contributed by atoms with Crippen LogP contribution in [0.5, 0.6) is 0 Å². The number of nitrogens with zero attached hydrogens (tertiary/aromatic N) is 1. The zero-order chi connectivity index (χ0) is 22.5. The number of aldehydes is 1. The van der Waals surface area contributed by atoms with Gasteiger partial charge < -0.3 is 5.32 Å². The van der Waals surface area contributed by atoms with Gasteiger partial charge in [0.25, 0.3) is 0 Å². The monoisotopic (exact) mass is 426 g/mol. The summed E-state index contributed by atoms with van der Waals surface area (Å²) >= 11 is 0. The molecule has 1 N–H and O–H groups in total. The average Bonchev–Trinajstić information content (AvgIpc) is 2.78. The third kappa shape index (κ3) is 5.16. The van der Waals surface area contributed by atoms with Crippen LogP contribution in [0.3, 0.4) is 0 Å². The molecule has 0 spiro atoms. The first-order valence-corrected chi connectivity index (χ1v) is 11.9. The molecule has 1 aromatic heterocycles. The van der Waals surface area contributed by atoms with Gasteiger partial charge in [-0.15, -0.1) is 0 Å². The van der Waals surface area contributed by atoms with E-state index >= 15 is 0 Å². The highest BCUT2D eigenvalue weighted by Crippen LogP contribution is 2.33. The molecule has 0 amide bonds. The Morgan fingerprint density at radius 3 is 2.59 bits per heavy atom. The lowest BCUT2D eigenvalue weighted by atomic mass is 9.90. The minimum Gasteiger partial charge on any atom is -0.314 e. The number of hydrogen-bond donors (Lipinski definition) is 1. The molecule has 1 aliphatic rings. The second-order valence-corrected chi connectivity index (χ2v) is 9.29. The standard InChI is InChI=1S/C29H34N2O/c1-20-14-21(2)16-24(15-20)28-19-31-29-17-22(3)23(8-7-13-32)18-27(29)26(28)11-6-10-25-9-4-5-12-30-25/h7-8,13-19,25,30H,4-6,9-12H2,1-3H3/b8-7+. The molecular formula is C29H34N2O. The number of allylic oxidation sites excluding steroid dienone is 1. The first-order chi connectivity index (χ1) is 15.5. The maximum absolute atomic E-state index is 10.9. The molecule has 166 valence electrons. The number of hydrogen-bond acceptors (Lipinski definition) is 3. The maximum atomic E-state index is 10.9. The van der Waals surface area contributed by atoms with Gasteiger partial charge >= 0.3 is 0 Å². The Bertz CT molecular complexity index is 1120. The van der Waals surface area contributed by atoms with E-state index in [1.165, 1.54) is 58.9 Å². The molecular weight excluding hydrogens is 392 g/mol. The van der Waals surface area contributed by atoms with Gasteiger partial charge in [-0.3, -0.25) is 9.78 Å². The van der Waals surface area contributed by atoms with Crippen LogP contribution in [-0.4, -0.2) is 23.9 Å². The Hall–Kier alpha value is -2.78. The summed E-state index contributed by atoms with van der Waals surface area (Å²) in [6, 6.07) is 11.8. The van der Waals surface area contributed by atoms with Gasteiger partial charge in [0.05, 0.1) is 5.52 Å². The Morgan fingerprint density at radius 1 is 1.06 bits per heavy atom. The number of benzene rings is 2. The van der Waals surface area contributed by atoms with Gasteiger partial charge in [-0.25, -0.2) is 0 Å². The normalized spacial score (nSPS) is 16.7. The predicted octanol–water partition coefficient (Wildman–Crippen LogP) is 6.50. The van der Waals surface area contributed by atoms with Crippen molar-refractivity contribution >= 4 is 23.3 Å². The van der Waals surface area contributed by atoms with E-state index in [1.807, 2.05) is 6.08 Å². The van der Waals surface area contributed by atoms with Crippen molar-refractivity contribution in [1.29, 1.82) is 0 Å². The number of pyridine rings is 1. The van der Waals surface area contributed by atoms with E-state index in [4.69, 9.17) is 4.98 Å². The minimum atomic E-state index is 0.648. The van der Waals surface area contributed by atoms with E-state index in [-0.39, 0.29) is 0 Å². The molecule has 0 aliphatic carbocycles. The molecule has 0 radical (unpaired) electrons. The van der Waals surface area contributed by atoms with E-state index < -0.39 is 0 Å². The number of nitrogens with one attached hydrogen (secondary N) is 1. The molecule has 1 atom stereocenters. The number of carbonyl (C=O) groups excluding carboxylic acids is 1. The van der Waals surface area contributed by atoms with Crippen molar-refractivity contribution in [2.45, 2.75) is 65.3 Å². The van der Waals surface area contributed by atoms with Crippen LogP contribution in [0, 0.1) is 20.8 Å². The van der Waals surface area contributed by atoms with Crippen molar-refractivity contribution in [1.82, 2.24) is 10.3 Å². The number of aromatic nitrogens is 1. The maximum Gasteiger partial charge on any atom is 0.142 e. The second-order valence-electron chi connectivity index (χ2n) is 9.29.